The number of aromatic nitrogens is 4. The Morgan fingerprint density at radius 2 is 1.03 bits per heavy atom. The van der Waals surface area contributed by atoms with Gasteiger partial charge in [-0.3, -0.25) is 0 Å². The standard InChI is InChI=1S/C30H30N4Si2/c1-35(2,3)17-15-25-27-11-7-21(31-27)19-23-9-13-29(33-23)26(16-18-36(4,5)6)30-14-10-24(34-30)20-22-8-12-28(25)32-22/h7-14,19-20,31-32H,1-6H3. The molecule has 8 bridgehead atoms. The molecule has 0 atom stereocenters. The van der Waals surface area contributed by atoms with Crippen molar-refractivity contribution < 1.29 is 0 Å². The Balaban J connectivity index is 1.85. The molecule has 2 N–H and O–H groups in total. The number of nitrogens with one attached hydrogen (secondary N) is 2. The third-order valence-electron chi connectivity index (χ3n) is 5.52. The molecule has 0 spiro atoms. The number of hydrogen-bond acceptors (Lipinski definition) is 2. The van der Waals surface area contributed by atoms with E-state index in [1.807, 2.05) is 24.3 Å². The normalized spacial score (nSPS) is 12.6. The third-order valence-corrected chi connectivity index (χ3v) is 7.27. The average molecular weight is 503 g/mol. The quantitative estimate of drug-likeness (QED) is 0.175. The van der Waals surface area contributed by atoms with Crippen LogP contribution in [0.2, 0.25) is 39.3 Å². The minimum absolute atomic E-state index is 0.853. The third kappa shape index (κ3) is 5.52. The Labute approximate surface area is 214 Å². The van der Waals surface area contributed by atoms with Gasteiger partial charge in [0.2, 0.25) is 0 Å². The number of aromatic amines is 2. The highest BCUT2D eigenvalue weighted by Crippen LogP contribution is 2.23. The maximum Gasteiger partial charge on any atom is 0.129 e. The predicted molar refractivity (Wildman–Crippen MR) is 159 cm³/mol. The fourth-order valence-corrected chi connectivity index (χ4v) is 4.84. The van der Waals surface area contributed by atoms with Crippen molar-refractivity contribution in [2.75, 3.05) is 0 Å². The summed E-state index contributed by atoms with van der Waals surface area (Å²) < 4.78 is 0. The fraction of sp³-hybridized carbons (Fsp3) is 0.200. The minimum atomic E-state index is -1.58. The molecular weight excluding hydrogens is 473 g/mol. The molecule has 3 aromatic rings. The largest absolute Gasteiger partial charge is 0.354 e. The highest BCUT2D eigenvalue weighted by Gasteiger charge is 2.13. The lowest BCUT2D eigenvalue weighted by molar-refractivity contribution is 1.26. The highest BCUT2D eigenvalue weighted by molar-refractivity contribution is 6.84. The maximum atomic E-state index is 4.90. The van der Waals surface area contributed by atoms with E-state index in [0.29, 0.717) is 0 Å². The number of nitrogens with zero attached hydrogens (tertiary/aromatic N) is 2. The highest BCUT2D eigenvalue weighted by atomic mass is 28.3. The van der Waals surface area contributed by atoms with E-state index in [9.17, 15) is 0 Å². The van der Waals surface area contributed by atoms with Crippen molar-refractivity contribution in [1.29, 1.82) is 0 Å². The van der Waals surface area contributed by atoms with Crippen molar-refractivity contribution in [3.05, 3.63) is 70.3 Å². The van der Waals surface area contributed by atoms with Crippen LogP contribution in [0.25, 0.3) is 46.4 Å². The van der Waals surface area contributed by atoms with E-state index in [0.717, 1.165) is 56.0 Å². The molecule has 5 rings (SSSR count). The minimum Gasteiger partial charge on any atom is -0.354 e. The van der Waals surface area contributed by atoms with E-state index >= 15 is 0 Å². The van der Waals surface area contributed by atoms with Crippen molar-refractivity contribution in [2.24, 2.45) is 0 Å². The zero-order valence-corrected chi connectivity index (χ0v) is 23.7. The van der Waals surface area contributed by atoms with Crippen LogP contribution < -0.4 is 0 Å². The summed E-state index contributed by atoms with van der Waals surface area (Å²) in [5.41, 5.74) is 16.3. The van der Waals surface area contributed by atoms with E-state index in [1.165, 1.54) is 0 Å². The topological polar surface area (TPSA) is 57.4 Å². The molecule has 178 valence electrons. The van der Waals surface area contributed by atoms with Crippen LogP contribution in [0.3, 0.4) is 0 Å². The Morgan fingerprint density at radius 3 is 1.47 bits per heavy atom. The van der Waals surface area contributed by atoms with Crippen molar-refractivity contribution in [2.45, 2.75) is 39.3 Å². The van der Waals surface area contributed by atoms with Crippen LogP contribution in [-0.4, -0.2) is 36.1 Å². The van der Waals surface area contributed by atoms with E-state index < -0.39 is 16.1 Å². The van der Waals surface area contributed by atoms with Gasteiger partial charge in [-0.1, -0.05) is 51.1 Å². The van der Waals surface area contributed by atoms with Crippen LogP contribution in [-0.2, 0) is 0 Å². The first-order valence-electron chi connectivity index (χ1n) is 12.2. The van der Waals surface area contributed by atoms with Crippen molar-refractivity contribution in [3.63, 3.8) is 0 Å². The molecule has 0 saturated carbocycles. The summed E-state index contributed by atoms with van der Waals surface area (Å²) in [6.07, 6.45) is 8.14. The van der Waals surface area contributed by atoms with Gasteiger partial charge in [0, 0.05) is 11.0 Å². The number of hydrogen-bond donors (Lipinski definition) is 2. The summed E-state index contributed by atoms with van der Waals surface area (Å²) in [6, 6.07) is 12.5. The van der Waals surface area contributed by atoms with E-state index in [4.69, 9.17) is 9.97 Å². The molecule has 0 unspecified atom stereocenters. The van der Waals surface area contributed by atoms with Crippen LogP contribution in [0.4, 0.5) is 0 Å². The summed E-state index contributed by atoms with van der Waals surface area (Å²) in [6.45, 7) is 13.5. The van der Waals surface area contributed by atoms with Crippen LogP contribution >= 0.6 is 0 Å². The van der Waals surface area contributed by atoms with Gasteiger partial charge in [-0.05, 0) is 60.7 Å². The smallest absolute Gasteiger partial charge is 0.129 e. The van der Waals surface area contributed by atoms with Gasteiger partial charge < -0.3 is 9.97 Å². The predicted octanol–water partition coefficient (Wildman–Crippen LogP) is 7.11. The molecule has 3 aromatic heterocycles. The summed E-state index contributed by atoms with van der Waals surface area (Å²) in [5, 5.41) is 0. The molecule has 5 heterocycles. The summed E-state index contributed by atoms with van der Waals surface area (Å²) in [4.78, 5) is 16.9. The Hall–Kier alpha value is -3.85. The average Bonchev–Trinajstić information content (AvgIpc) is 3.57. The van der Waals surface area contributed by atoms with Crippen molar-refractivity contribution in [1.82, 2.24) is 19.9 Å². The zero-order chi connectivity index (χ0) is 25.5. The monoisotopic (exact) mass is 502 g/mol. The molecule has 0 saturated heterocycles. The molecule has 0 aliphatic carbocycles. The SMILES string of the molecule is C[Si](C)(C)C#Cc1c2nc(cc3ccc([nH]3)c(C#C[Si](C)(C)C)c3ccc(cc4nc1C=C4)[nH]3)C=C2. The zero-order valence-electron chi connectivity index (χ0n) is 21.7. The number of rotatable bonds is 0. The van der Waals surface area contributed by atoms with Crippen LogP contribution in [0, 0.1) is 22.9 Å². The summed E-state index contributed by atoms with van der Waals surface area (Å²) in [5.74, 6) is 6.91. The van der Waals surface area contributed by atoms with Crippen molar-refractivity contribution >= 4 is 62.5 Å². The molecule has 0 fully saturated rings. The Bertz CT molecular complexity index is 1620. The lowest BCUT2D eigenvalue weighted by Gasteiger charge is -2.04. The number of H-pyrrole nitrogens is 2. The second-order valence-electron chi connectivity index (χ2n) is 11.2. The Morgan fingerprint density at radius 1 is 0.583 bits per heavy atom. The van der Waals surface area contributed by atoms with Gasteiger partial charge in [0.1, 0.15) is 16.1 Å². The molecule has 2 aliphatic heterocycles. The van der Waals surface area contributed by atoms with Crippen LogP contribution in [0.15, 0.2) is 36.4 Å². The van der Waals surface area contributed by atoms with Gasteiger partial charge in [-0.25, -0.2) is 9.97 Å². The Kier molecular flexibility index (Phi) is 5.96. The van der Waals surface area contributed by atoms with Crippen molar-refractivity contribution in [3.8, 4) is 22.9 Å². The lowest BCUT2D eigenvalue weighted by Crippen LogP contribution is -2.16. The molecule has 0 aromatic carbocycles. The van der Waals surface area contributed by atoms with Gasteiger partial charge in [0.25, 0.3) is 0 Å². The summed E-state index contributed by atoms with van der Waals surface area (Å²) >= 11 is 0. The molecule has 36 heavy (non-hydrogen) atoms. The first-order valence-corrected chi connectivity index (χ1v) is 19.2. The van der Waals surface area contributed by atoms with Gasteiger partial charge >= 0.3 is 0 Å². The van der Waals surface area contributed by atoms with Crippen LogP contribution in [0.1, 0.15) is 33.9 Å². The lowest BCUT2D eigenvalue weighted by atomic mass is 10.2. The molecular formula is C30H30N4Si2. The van der Waals surface area contributed by atoms with Gasteiger partial charge in [-0.2, -0.15) is 0 Å². The first kappa shape index (κ1) is 23.9. The fourth-order valence-electron chi connectivity index (χ4n) is 3.84. The second kappa shape index (κ2) is 8.98. The second-order valence-corrected chi connectivity index (χ2v) is 20.7. The molecule has 6 heteroatoms. The van der Waals surface area contributed by atoms with Gasteiger partial charge in [0.15, 0.2) is 0 Å². The summed E-state index contributed by atoms with van der Waals surface area (Å²) in [7, 11) is -3.13. The molecule has 2 aliphatic rings. The van der Waals surface area contributed by atoms with Gasteiger partial charge in [0.05, 0.1) is 44.9 Å². The molecule has 0 amide bonds. The molecule has 4 nitrogen and oxygen atoms in total. The number of fused-ring (bicyclic) bond motifs is 8. The van der Waals surface area contributed by atoms with E-state index in [2.05, 4.69) is 109 Å². The van der Waals surface area contributed by atoms with Gasteiger partial charge in [-0.15, -0.1) is 11.1 Å². The molecule has 0 radical (unpaired) electrons. The van der Waals surface area contributed by atoms with E-state index in [-0.39, 0.29) is 0 Å². The first-order chi connectivity index (χ1) is 17.0. The van der Waals surface area contributed by atoms with Crippen LogP contribution in [0.5, 0.6) is 0 Å². The van der Waals surface area contributed by atoms with E-state index in [1.54, 1.807) is 0 Å². The maximum absolute atomic E-state index is 4.90.